The van der Waals surface area contributed by atoms with Gasteiger partial charge in [-0.25, -0.2) is 0 Å². The molecule has 0 bridgehead atoms. The molecule has 0 aliphatic carbocycles. The van der Waals surface area contributed by atoms with Gasteiger partial charge in [0.2, 0.25) is 0 Å². The lowest BCUT2D eigenvalue weighted by Gasteiger charge is -2.24. The van der Waals surface area contributed by atoms with Gasteiger partial charge in [-0.3, -0.25) is 9.59 Å². The van der Waals surface area contributed by atoms with Gasteiger partial charge in [-0.1, -0.05) is 65.1 Å². The van der Waals surface area contributed by atoms with Crippen LogP contribution in [0.4, 0.5) is 0 Å². The second-order valence-corrected chi connectivity index (χ2v) is 10.6. The van der Waals surface area contributed by atoms with Crippen molar-refractivity contribution < 1.29 is 19.1 Å². The topological polar surface area (TPSA) is 94.1 Å². The Morgan fingerprint density at radius 1 is 0.927 bits per heavy atom. The number of nitrogens with zero attached hydrogens (tertiary/aromatic N) is 1. The van der Waals surface area contributed by atoms with Crippen molar-refractivity contribution in [2.24, 2.45) is 5.18 Å². The van der Waals surface area contributed by atoms with Gasteiger partial charge in [0.15, 0.2) is 0 Å². The fourth-order valence-electron chi connectivity index (χ4n) is 4.62. The van der Waals surface area contributed by atoms with Crippen molar-refractivity contribution in [1.29, 1.82) is 0 Å². The van der Waals surface area contributed by atoms with E-state index in [1.165, 1.54) is 0 Å². The molecule has 1 aliphatic heterocycles. The average Bonchev–Trinajstić information content (AvgIpc) is 2.98. The summed E-state index contributed by atoms with van der Waals surface area (Å²) in [6.45, 7) is 0.667. The van der Waals surface area contributed by atoms with Gasteiger partial charge >= 0.3 is 0 Å². The zero-order valence-corrected chi connectivity index (χ0v) is 23.8. The van der Waals surface area contributed by atoms with Crippen molar-refractivity contribution >= 4 is 46.6 Å². The highest BCUT2D eigenvalue weighted by Gasteiger charge is 2.30. The Kier molecular flexibility index (Phi) is 8.88. The van der Waals surface area contributed by atoms with Gasteiger partial charge in [0.1, 0.15) is 17.2 Å². The summed E-state index contributed by atoms with van der Waals surface area (Å²) in [6, 6.07) is 23.1. The summed E-state index contributed by atoms with van der Waals surface area (Å²) in [6.07, 6.45) is 0.906. The minimum Gasteiger partial charge on any atom is -0.493 e. The van der Waals surface area contributed by atoms with Crippen LogP contribution in [0.5, 0.6) is 17.2 Å². The number of hydrogen-bond donors (Lipinski definition) is 1. The highest BCUT2D eigenvalue weighted by atomic mass is 35.5. The third-order valence-corrected chi connectivity index (χ3v) is 7.73. The van der Waals surface area contributed by atoms with E-state index in [9.17, 15) is 14.5 Å². The molecule has 1 unspecified atom stereocenters. The second-order valence-electron chi connectivity index (χ2n) is 9.36. The molecule has 0 radical (unpaired) electrons. The molecule has 0 fully saturated rings. The molecule has 0 spiro atoms. The van der Waals surface area contributed by atoms with Crippen LogP contribution in [0.2, 0.25) is 15.1 Å². The quantitative estimate of drug-likeness (QED) is 0.203. The summed E-state index contributed by atoms with van der Waals surface area (Å²) >= 11 is 19.2. The van der Waals surface area contributed by atoms with Crippen molar-refractivity contribution in [1.82, 2.24) is 5.32 Å². The molecule has 0 saturated carbocycles. The van der Waals surface area contributed by atoms with Crippen LogP contribution in [0.3, 0.4) is 0 Å². The molecule has 0 saturated heterocycles. The molecule has 1 atom stereocenters. The number of rotatable bonds is 8. The Bertz CT molecular complexity index is 1630. The van der Waals surface area contributed by atoms with Gasteiger partial charge in [-0.2, -0.15) is 0 Å². The summed E-state index contributed by atoms with van der Waals surface area (Å²) in [5.74, 6) is -0.515. The van der Waals surface area contributed by atoms with Crippen LogP contribution in [0.25, 0.3) is 11.1 Å². The molecule has 4 aromatic rings. The molecule has 2 amide bonds. The van der Waals surface area contributed by atoms with Crippen molar-refractivity contribution in [3.8, 4) is 28.4 Å². The van der Waals surface area contributed by atoms with E-state index in [2.05, 4.69) is 10.5 Å². The Labute approximate surface area is 251 Å². The number of benzene rings is 4. The van der Waals surface area contributed by atoms with Gasteiger partial charge in [0.25, 0.3) is 11.8 Å². The first-order valence-corrected chi connectivity index (χ1v) is 13.9. The zero-order valence-electron chi connectivity index (χ0n) is 21.5. The highest BCUT2D eigenvalue weighted by Crippen LogP contribution is 2.42. The maximum absolute atomic E-state index is 12.7. The number of carbonyl (C=O) groups is 2. The summed E-state index contributed by atoms with van der Waals surface area (Å²) in [5.41, 5.74) is 3.70. The van der Waals surface area contributed by atoms with E-state index in [0.717, 1.165) is 16.7 Å². The lowest BCUT2D eigenvalue weighted by Crippen LogP contribution is -2.25. The van der Waals surface area contributed by atoms with E-state index in [0.29, 0.717) is 57.8 Å². The number of carbonyl (C=O) groups excluding carboxylic acids is 2. The maximum Gasteiger partial charge on any atom is 0.294 e. The maximum atomic E-state index is 12.7. The van der Waals surface area contributed by atoms with Crippen molar-refractivity contribution in [2.45, 2.75) is 18.8 Å². The van der Waals surface area contributed by atoms with Crippen LogP contribution in [0.15, 0.2) is 84.0 Å². The SMILES string of the molecule is O=NC(=O)C1CCOc2cc(Oc3ccc(C(=O)NCCc4ccc(-c5ccccc5Cl)cc4Cl)cc3)c(Cl)cc21. The molecule has 208 valence electrons. The van der Waals surface area contributed by atoms with E-state index < -0.39 is 11.8 Å². The number of hydrogen-bond acceptors (Lipinski definition) is 5. The molecule has 7 nitrogen and oxygen atoms in total. The van der Waals surface area contributed by atoms with E-state index in [1.807, 2.05) is 42.5 Å². The van der Waals surface area contributed by atoms with Crippen LogP contribution in [-0.2, 0) is 11.2 Å². The number of ether oxygens (including phenoxy) is 2. The average molecular weight is 610 g/mol. The van der Waals surface area contributed by atoms with Gasteiger partial charge < -0.3 is 14.8 Å². The summed E-state index contributed by atoms with van der Waals surface area (Å²) in [5, 5.41) is 6.96. The normalized spacial score (nSPS) is 14.0. The lowest BCUT2D eigenvalue weighted by molar-refractivity contribution is -0.119. The summed E-state index contributed by atoms with van der Waals surface area (Å²) in [4.78, 5) is 35.3. The largest absolute Gasteiger partial charge is 0.493 e. The Balaban J connectivity index is 1.18. The first-order chi connectivity index (χ1) is 19.8. The van der Waals surface area contributed by atoms with Gasteiger partial charge in [-0.05, 0) is 66.4 Å². The van der Waals surface area contributed by atoms with Crippen molar-refractivity contribution in [3.05, 3.63) is 116 Å². The van der Waals surface area contributed by atoms with Crippen LogP contribution < -0.4 is 14.8 Å². The minimum absolute atomic E-state index is 0.236. The molecular formula is C31H23Cl3N2O5. The Morgan fingerprint density at radius 2 is 1.71 bits per heavy atom. The number of halogens is 3. The highest BCUT2D eigenvalue weighted by molar-refractivity contribution is 6.34. The fourth-order valence-corrected chi connectivity index (χ4v) is 5.35. The first kappa shape index (κ1) is 28.6. The third kappa shape index (κ3) is 6.54. The molecular weight excluding hydrogens is 587 g/mol. The fraction of sp³-hybridized carbons (Fsp3) is 0.161. The van der Waals surface area contributed by atoms with Crippen LogP contribution in [0, 0.1) is 4.91 Å². The van der Waals surface area contributed by atoms with E-state index in [1.54, 1.807) is 36.4 Å². The number of nitroso groups, excluding NO2 is 1. The molecule has 1 heterocycles. The predicted molar refractivity (Wildman–Crippen MR) is 160 cm³/mol. The van der Waals surface area contributed by atoms with Crippen molar-refractivity contribution in [2.75, 3.05) is 13.2 Å². The standard InChI is InChI=1S/C31H23Cl3N2O5/c32-25-4-2-1-3-22(25)20-6-5-18(26(33)15-20)11-13-35-30(37)19-7-9-21(10-8-19)41-29-17-28-24(16-27(29)34)23(12-14-40-28)31(38)36-39/h1-10,15-17,23H,11-14H2,(H,35,37). The van der Waals surface area contributed by atoms with Crippen LogP contribution in [0.1, 0.15) is 33.8 Å². The summed E-state index contributed by atoms with van der Waals surface area (Å²) in [7, 11) is 0. The molecule has 5 rings (SSSR count). The van der Waals surface area contributed by atoms with E-state index >= 15 is 0 Å². The molecule has 0 aromatic heterocycles. The van der Waals surface area contributed by atoms with E-state index in [4.69, 9.17) is 44.3 Å². The third-order valence-electron chi connectivity index (χ3n) is 6.75. The minimum atomic E-state index is -0.762. The number of fused-ring (bicyclic) bond motifs is 1. The second kappa shape index (κ2) is 12.7. The number of amides is 2. The van der Waals surface area contributed by atoms with E-state index in [-0.39, 0.29) is 17.5 Å². The zero-order chi connectivity index (χ0) is 28.9. The van der Waals surface area contributed by atoms with Gasteiger partial charge in [0.05, 0.1) is 17.5 Å². The van der Waals surface area contributed by atoms with Crippen LogP contribution >= 0.6 is 34.8 Å². The molecule has 4 aromatic carbocycles. The van der Waals surface area contributed by atoms with Crippen molar-refractivity contribution in [3.63, 3.8) is 0 Å². The lowest BCUT2D eigenvalue weighted by atomic mass is 9.92. The van der Waals surface area contributed by atoms with Crippen LogP contribution in [-0.4, -0.2) is 25.0 Å². The molecule has 1 N–H and O–H groups in total. The Morgan fingerprint density at radius 3 is 2.44 bits per heavy atom. The van der Waals surface area contributed by atoms with Gasteiger partial charge in [-0.15, -0.1) is 4.91 Å². The first-order valence-electron chi connectivity index (χ1n) is 12.8. The molecule has 1 aliphatic rings. The smallest absolute Gasteiger partial charge is 0.294 e. The summed E-state index contributed by atoms with van der Waals surface area (Å²) < 4.78 is 11.5. The molecule has 41 heavy (non-hydrogen) atoms. The Hall–Kier alpha value is -3.91. The predicted octanol–water partition coefficient (Wildman–Crippen LogP) is 8.24. The monoisotopic (exact) mass is 608 g/mol. The number of nitrogens with one attached hydrogen (secondary N) is 1. The molecule has 10 heteroatoms. The van der Waals surface area contributed by atoms with Gasteiger partial charge in [0, 0.05) is 44.5 Å².